The summed E-state index contributed by atoms with van der Waals surface area (Å²) in [6.07, 6.45) is 3.52. The molecule has 0 unspecified atom stereocenters. The largest absolute Gasteiger partial charge is 0.508 e. The van der Waals surface area contributed by atoms with Gasteiger partial charge in [-0.2, -0.15) is 0 Å². The number of carbonyl (C=O) groups excluding carboxylic acids is 1. The fraction of sp³-hybridized carbons (Fsp3) is 0.300. The molecule has 0 bridgehead atoms. The molecule has 5 N–H and O–H groups in total. The van der Waals surface area contributed by atoms with E-state index in [4.69, 9.17) is 5.11 Å². The molecule has 0 amide bonds. The molecule has 2 saturated heterocycles. The van der Waals surface area contributed by atoms with Gasteiger partial charge in [0.05, 0.1) is 18.2 Å². The van der Waals surface area contributed by atoms with Crippen molar-refractivity contribution in [1.29, 1.82) is 0 Å². The minimum Gasteiger partial charge on any atom is -0.508 e. The Balaban J connectivity index is 0.000000170. The first-order chi connectivity index (χ1) is 21.7. The number of halogens is 2. The van der Waals surface area contributed by atoms with Crippen LogP contribution in [0.2, 0.25) is 0 Å². The quantitative estimate of drug-likeness (QED) is 0.148. The Kier molecular flexibility index (Phi) is 13.1. The van der Waals surface area contributed by atoms with Crippen LogP contribution in [-0.2, 0) is 6.54 Å². The average molecular weight is 840 g/mol. The SMILES string of the molecule is O=Cc1cc(I)ccc1O.O=c1cc(N2CCN(Cc3cc(I)ccc3O)CC2)nc[nH]1.O=c1cc(N2CCNCC2)nc[nH]1. The molecule has 0 radical (unpaired) electrons. The number of rotatable bonds is 5. The maximum Gasteiger partial charge on any atom is 0.252 e. The number of aromatic hydroxyl groups is 2. The Morgan fingerprint density at radius 3 is 1.80 bits per heavy atom. The molecule has 2 aromatic heterocycles. The van der Waals surface area contributed by atoms with Crippen molar-refractivity contribution in [1.82, 2.24) is 30.2 Å². The lowest BCUT2D eigenvalue weighted by atomic mass is 10.1. The van der Waals surface area contributed by atoms with Gasteiger partial charge in [-0.15, -0.1) is 0 Å². The highest BCUT2D eigenvalue weighted by Crippen LogP contribution is 2.22. The number of piperazine rings is 2. The Morgan fingerprint density at radius 1 is 0.733 bits per heavy atom. The molecule has 2 aliphatic rings. The predicted octanol–water partition coefficient (Wildman–Crippen LogP) is 2.39. The van der Waals surface area contributed by atoms with E-state index in [1.807, 2.05) is 12.1 Å². The summed E-state index contributed by atoms with van der Waals surface area (Å²) in [5.41, 5.74) is 1.07. The number of aromatic amines is 2. The molecule has 15 heteroatoms. The van der Waals surface area contributed by atoms with Crippen molar-refractivity contribution in [2.75, 3.05) is 62.2 Å². The van der Waals surface area contributed by atoms with Crippen LogP contribution in [0.15, 0.2) is 70.8 Å². The molecular weight excluding hydrogens is 806 g/mol. The highest BCUT2D eigenvalue weighted by molar-refractivity contribution is 14.1. The van der Waals surface area contributed by atoms with Gasteiger partial charge in [-0.3, -0.25) is 19.3 Å². The summed E-state index contributed by atoms with van der Waals surface area (Å²) in [5, 5.41) is 22.2. The van der Waals surface area contributed by atoms with Crippen LogP contribution in [0.25, 0.3) is 0 Å². The third kappa shape index (κ3) is 10.8. The number of carbonyl (C=O) groups is 1. The minimum atomic E-state index is -0.129. The number of hydrogen-bond donors (Lipinski definition) is 5. The lowest BCUT2D eigenvalue weighted by Gasteiger charge is -2.35. The van der Waals surface area contributed by atoms with Crippen molar-refractivity contribution in [3.05, 3.63) is 100 Å². The Morgan fingerprint density at radius 2 is 1.27 bits per heavy atom. The van der Waals surface area contributed by atoms with Crippen LogP contribution in [-0.4, -0.2) is 93.7 Å². The van der Waals surface area contributed by atoms with Gasteiger partial charge in [0.15, 0.2) is 6.29 Å². The van der Waals surface area contributed by atoms with Crippen LogP contribution < -0.4 is 26.2 Å². The van der Waals surface area contributed by atoms with Crippen LogP contribution in [0.4, 0.5) is 11.6 Å². The maximum atomic E-state index is 11.3. The zero-order valence-corrected chi connectivity index (χ0v) is 28.6. The van der Waals surface area contributed by atoms with Crippen LogP contribution in [0.5, 0.6) is 11.5 Å². The summed E-state index contributed by atoms with van der Waals surface area (Å²) < 4.78 is 2.06. The molecule has 238 valence electrons. The fourth-order valence-electron chi connectivity index (χ4n) is 4.63. The van der Waals surface area contributed by atoms with Gasteiger partial charge < -0.3 is 35.3 Å². The van der Waals surface area contributed by atoms with E-state index in [0.717, 1.165) is 83.2 Å². The second kappa shape index (κ2) is 17.2. The number of aromatic nitrogens is 4. The number of anilines is 2. The lowest BCUT2D eigenvalue weighted by molar-refractivity contribution is 0.112. The van der Waals surface area contributed by atoms with E-state index in [1.165, 1.54) is 30.9 Å². The Hall–Kier alpha value is -3.55. The van der Waals surface area contributed by atoms with Gasteiger partial charge in [-0.25, -0.2) is 9.97 Å². The van der Waals surface area contributed by atoms with Gasteiger partial charge in [0.2, 0.25) is 0 Å². The summed E-state index contributed by atoms with van der Waals surface area (Å²) in [6, 6.07) is 13.6. The van der Waals surface area contributed by atoms with Gasteiger partial charge in [0.25, 0.3) is 11.1 Å². The molecule has 4 aromatic rings. The second-order valence-corrected chi connectivity index (χ2v) is 12.6. The molecular formula is C30H34I2N8O5. The van der Waals surface area contributed by atoms with Crippen LogP contribution in [0.1, 0.15) is 15.9 Å². The smallest absolute Gasteiger partial charge is 0.252 e. The molecule has 0 saturated carbocycles. The third-order valence-electron chi connectivity index (χ3n) is 7.02. The highest BCUT2D eigenvalue weighted by Gasteiger charge is 2.19. The molecule has 0 spiro atoms. The normalized spacial score (nSPS) is 14.9. The summed E-state index contributed by atoms with van der Waals surface area (Å²) in [4.78, 5) is 52.4. The standard InChI is InChI=1S/C15H17IN4O2.C8H12N4O.C7H5IO2/c16-12-1-2-13(21)11(7-12)9-19-3-5-20(6-4-19)14-8-15(22)18-10-17-14;13-8-5-7(10-6-11-8)12-3-1-9-2-4-12;8-6-1-2-7(10)5(3-6)4-9/h1-2,7-8,10,21H,3-6,9H2,(H,17,18,22);5-6,9H,1-4H2,(H,10,11,13);1-4,10H. The molecule has 6 rings (SSSR count). The molecule has 0 atom stereocenters. The number of nitrogens with zero attached hydrogens (tertiary/aromatic N) is 5. The minimum absolute atomic E-state index is 0.0374. The first-order valence-electron chi connectivity index (χ1n) is 14.2. The fourth-order valence-corrected chi connectivity index (χ4v) is 5.70. The van der Waals surface area contributed by atoms with Crippen molar-refractivity contribution >= 4 is 63.1 Å². The van der Waals surface area contributed by atoms with Gasteiger partial charge in [0, 0.05) is 83.7 Å². The first-order valence-corrected chi connectivity index (χ1v) is 16.3. The molecule has 0 aliphatic carbocycles. The first kappa shape index (κ1) is 34.3. The van der Waals surface area contributed by atoms with Crippen molar-refractivity contribution in [2.45, 2.75) is 6.54 Å². The van der Waals surface area contributed by atoms with Crippen molar-refractivity contribution < 1.29 is 15.0 Å². The van der Waals surface area contributed by atoms with E-state index in [2.05, 4.69) is 85.1 Å². The van der Waals surface area contributed by atoms with Crippen molar-refractivity contribution in [3.8, 4) is 11.5 Å². The van der Waals surface area contributed by atoms with E-state index < -0.39 is 0 Å². The number of phenols is 2. The van der Waals surface area contributed by atoms with E-state index in [9.17, 15) is 19.5 Å². The predicted molar refractivity (Wildman–Crippen MR) is 189 cm³/mol. The Bertz CT molecular complexity index is 1670. The van der Waals surface area contributed by atoms with Crippen molar-refractivity contribution in [2.24, 2.45) is 0 Å². The zero-order valence-electron chi connectivity index (χ0n) is 24.3. The number of H-pyrrole nitrogens is 2. The van der Waals surface area contributed by atoms with Crippen LogP contribution in [0, 0.1) is 7.14 Å². The Labute approximate surface area is 287 Å². The van der Waals surface area contributed by atoms with Crippen molar-refractivity contribution in [3.63, 3.8) is 0 Å². The summed E-state index contributed by atoms with van der Waals surface area (Å²) in [5.74, 6) is 1.88. The summed E-state index contributed by atoms with van der Waals surface area (Å²) in [6.45, 7) is 7.86. The van der Waals surface area contributed by atoms with Gasteiger partial charge in [-0.05, 0) is 81.6 Å². The van der Waals surface area contributed by atoms with Gasteiger partial charge >= 0.3 is 0 Å². The monoisotopic (exact) mass is 840 g/mol. The van der Waals surface area contributed by atoms with Gasteiger partial charge in [-0.1, -0.05) is 0 Å². The van der Waals surface area contributed by atoms with E-state index >= 15 is 0 Å². The number of benzene rings is 2. The lowest BCUT2D eigenvalue weighted by Crippen LogP contribution is -2.46. The zero-order chi connectivity index (χ0) is 32.2. The van der Waals surface area contributed by atoms with E-state index in [-0.39, 0.29) is 16.9 Å². The number of hydrogen-bond acceptors (Lipinski definition) is 11. The van der Waals surface area contributed by atoms with E-state index in [0.29, 0.717) is 17.6 Å². The third-order valence-corrected chi connectivity index (χ3v) is 8.36. The molecule has 13 nitrogen and oxygen atoms in total. The van der Waals surface area contributed by atoms with Crippen LogP contribution >= 0.6 is 45.2 Å². The number of phenolic OH excluding ortho intramolecular Hbond substituents is 2. The number of nitrogens with one attached hydrogen (secondary N) is 3. The van der Waals surface area contributed by atoms with Gasteiger partial charge in [0.1, 0.15) is 23.1 Å². The molecule has 2 aliphatic heterocycles. The number of aldehydes is 1. The topological polar surface area (TPSA) is 171 Å². The maximum absolute atomic E-state index is 11.3. The summed E-state index contributed by atoms with van der Waals surface area (Å²) >= 11 is 4.33. The second-order valence-electron chi connectivity index (χ2n) is 10.1. The molecule has 2 aromatic carbocycles. The molecule has 45 heavy (non-hydrogen) atoms. The van der Waals surface area contributed by atoms with E-state index in [1.54, 1.807) is 18.2 Å². The molecule has 2 fully saturated rings. The molecule has 4 heterocycles. The average Bonchev–Trinajstić information content (AvgIpc) is 3.05. The summed E-state index contributed by atoms with van der Waals surface area (Å²) in [7, 11) is 0. The highest BCUT2D eigenvalue weighted by atomic mass is 127. The van der Waals surface area contributed by atoms with Crippen LogP contribution in [0.3, 0.4) is 0 Å².